The quantitative estimate of drug-likeness (QED) is 0.648. The lowest BCUT2D eigenvalue weighted by Crippen LogP contribution is -2.11. The van der Waals surface area contributed by atoms with Crippen molar-refractivity contribution in [3.63, 3.8) is 0 Å². The summed E-state index contributed by atoms with van der Waals surface area (Å²) >= 11 is 7.81. The van der Waals surface area contributed by atoms with Crippen LogP contribution >= 0.6 is 43.2 Å². The molecule has 1 aromatic carbocycles. The van der Waals surface area contributed by atoms with Gasteiger partial charge in [0.2, 0.25) is 0 Å². The Morgan fingerprint density at radius 2 is 2.05 bits per heavy atom. The second-order valence-corrected chi connectivity index (χ2v) is 8.99. The molecule has 0 aliphatic heterocycles. The first-order valence-corrected chi connectivity index (χ1v) is 10.3. The van der Waals surface area contributed by atoms with Crippen LogP contribution < -0.4 is 9.46 Å². The Hall–Kier alpha value is -0.570. The molecular formula is C13H13Br2NO3S2. The molecule has 0 fully saturated rings. The summed E-state index contributed by atoms with van der Waals surface area (Å²) < 4.78 is 33.6. The Balaban J connectivity index is 2.27. The molecular weight excluding hydrogens is 442 g/mol. The fraction of sp³-hybridized carbons (Fsp3) is 0.231. The van der Waals surface area contributed by atoms with Crippen LogP contribution in [-0.4, -0.2) is 15.0 Å². The molecule has 0 saturated heterocycles. The largest absolute Gasteiger partial charge is 0.494 e. The van der Waals surface area contributed by atoms with Gasteiger partial charge >= 0.3 is 0 Å². The fourth-order valence-electron chi connectivity index (χ4n) is 1.69. The zero-order valence-corrected chi connectivity index (χ0v) is 15.9. The van der Waals surface area contributed by atoms with Crippen molar-refractivity contribution in [2.45, 2.75) is 16.5 Å². The van der Waals surface area contributed by atoms with Crippen LogP contribution in [0.1, 0.15) is 12.5 Å². The second kappa shape index (κ2) is 7.13. The summed E-state index contributed by atoms with van der Waals surface area (Å²) in [5.41, 5.74) is 1.40. The van der Waals surface area contributed by atoms with Gasteiger partial charge in [-0.15, -0.1) is 11.3 Å². The number of ether oxygens (including phenoxy) is 1. The van der Waals surface area contributed by atoms with E-state index >= 15 is 0 Å². The molecule has 0 saturated carbocycles. The maximum absolute atomic E-state index is 12.3. The number of nitrogens with one attached hydrogen (secondary N) is 1. The molecule has 0 unspecified atom stereocenters. The summed E-state index contributed by atoms with van der Waals surface area (Å²) in [5, 5.41) is 0.586. The highest BCUT2D eigenvalue weighted by atomic mass is 79.9. The van der Waals surface area contributed by atoms with Crippen molar-refractivity contribution in [3.8, 4) is 5.75 Å². The smallest absolute Gasteiger partial charge is 0.271 e. The number of sulfonamides is 1. The third-order valence-electron chi connectivity index (χ3n) is 2.57. The van der Waals surface area contributed by atoms with Gasteiger partial charge in [-0.1, -0.05) is 15.9 Å². The minimum Gasteiger partial charge on any atom is -0.494 e. The predicted octanol–water partition coefficient (Wildman–Crippen LogP) is 4.61. The molecule has 1 N–H and O–H groups in total. The molecule has 0 atom stereocenters. The van der Waals surface area contributed by atoms with Gasteiger partial charge in [0, 0.05) is 16.6 Å². The zero-order chi connectivity index (χ0) is 15.5. The van der Waals surface area contributed by atoms with Gasteiger partial charge in [0.25, 0.3) is 10.0 Å². The molecule has 0 bridgehead atoms. The first-order valence-electron chi connectivity index (χ1n) is 6.06. The highest BCUT2D eigenvalue weighted by Gasteiger charge is 2.17. The van der Waals surface area contributed by atoms with Crippen molar-refractivity contribution >= 4 is 58.9 Å². The molecule has 8 heteroatoms. The van der Waals surface area contributed by atoms with E-state index < -0.39 is 10.0 Å². The van der Waals surface area contributed by atoms with Crippen LogP contribution in [0.3, 0.4) is 0 Å². The van der Waals surface area contributed by atoms with Crippen molar-refractivity contribution in [3.05, 3.63) is 39.7 Å². The average Bonchev–Trinajstić information content (AvgIpc) is 2.88. The van der Waals surface area contributed by atoms with E-state index in [4.69, 9.17) is 4.74 Å². The van der Waals surface area contributed by atoms with E-state index in [0.717, 1.165) is 15.1 Å². The summed E-state index contributed by atoms with van der Waals surface area (Å²) in [5.74, 6) is 0.746. The van der Waals surface area contributed by atoms with E-state index in [0.29, 0.717) is 17.6 Å². The number of halogens is 2. The third kappa shape index (κ3) is 4.21. The Labute approximate surface area is 144 Å². The maximum atomic E-state index is 12.3. The van der Waals surface area contributed by atoms with Gasteiger partial charge < -0.3 is 4.74 Å². The van der Waals surface area contributed by atoms with Gasteiger partial charge in [0.05, 0.1) is 10.4 Å². The van der Waals surface area contributed by atoms with Crippen molar-refractivity contribution in [2.24, 2.45) is 0 Å². The molecule has 0 aliphatic carbocycles. The minimum absolute atomic E-state index is 0.267. The van der Waals surface area contributed by atoms with E-state index in [1.54, 1.807) is 30.3 Å². The number of rotatable bonds is 6. The van der Waals surface area contributed by atoms with Gasteiger partial charge in [-0.2, -0.15) is 0 Å². The number of alkyl halides is 1. The fourth-order valence-corrected chi connectivity index (χ4v) is 5.19. The molecule has 0 amide bonds. The molecule has 1 heterocycles. The van der Waals surface area contributed by atoms with Gasteiger partial charge in [-0.3, -0.25) is 4.72 Å². The molecule has 1 aromatic heterocycles. The van der Waals surface area contributed by atoms with Crippen LogP contribution in [0, 0.1) is 0 Å². The highest BCUT2D eigenvalue weighted by Crippen LogP contribution is 2.30. The molecule has 4 nitrogen and oxygen atoms in total. The molecule has 0 aliphatic rings. The molecule has 114 valence electrons. The van der Waals surface area contributed by atoms with E-state index in [1.165, 1.54) is 11.3 Å². The normalized spacial score (nSPS) is 11.4. The molecule has 2 aromatic rings. The van der Waals surface area contributed by atoms with E-state index in [-0.39, 0.29) is 4.21 Å². The number of anilines is 1. The monoisotopic (exact) mass is 453 g/mol. The molecule has 2 rings (SSSR count). The van der Waals surface area contributed by atoms with E-state index in [2.05, 4.69) is 36.6 Å². The number of hydrogen-bond donors (Lipinski definition) is 1. The number of hydrogen-bond acceptors (Lipinski definition) is 4. The van der Waals surface area contributed by atoms with Gasteiger partial charge in [-0.05, 0) is 53.2 Å². The van der Waals surface area contributed by atoms with Crippen molar-refractivity contribution in [1.29, 1.82) is 0 Å². The lowest BCUT2D eigenvalue weighted by Gasteiger charge is -2.11. The Morgan fingerprint density at radius 3 is 2.62 bits per heavy atom. The van der Waals surface area contributed by atoms with E-state index in [9.17, 15) is 8.42 Å². The van der Waals surface area contributed by atoms with Crippen LogP contribution in [0.15, 0.2) is 38.3 Å². The lowest BCUT2D eigenvalue weighted by atomic mass is 10.2. The van der Waals surface area contributed by atoms with Gasteiger partial charge in [0.15, 0.2) is 0 Å². The number of thiophene rings is 1. The van der Waals surface area contributed by atoms with Crippen molar-refractivity contribution in [2.75, 3.05) is 11.3 Å². The first-order chi connectivity index (χ1) is 9.96. The van der Waals surface area contributed by atoms with Crippen LogP contribution in [0.5, 0.6) is 5.75 Å². The predicted molar refractivity (Wildman–Crippen MR) is 93.1 cm³/mol. The molecule has 0 spiro atoms. The maximum Gasteiger partial charge on any atom is 0.271 e. The van der Waals surface area contributed by atoms with Crippen LogP contribution in [0.25, 0.3) is 0 Å². The molecule has 21 heavy (non-hydrogen) atoms. The summed E-state index contributed by atoms with van der Waals surface area (Å²) in [7, 11) is -3.56. The molecule has 0 radical (unpaired) electrons. The van der Waals surface area contributed by atoms with Crippen LogP contribution in [0.4, 0.5) is 5.69 Å². The topological polar surface area (TPSA) is 55.4 Å². The third-order valence-corrected chi connectivity index (χ3v) is 6.67. The van der Waals surface area contributed by atoms with Crippen molar-refractivity contribution < 1.29 is 13.2 Å². The minimum atomic E-state index is -3.56. The Morgan fingerprint density at radius 1 is 1.29 bits per heavy atom. The van der Waals surface area contributed by atoms with Gasteiger partial charge in [0.1, 0.15) is 9.96 Å². The summed E-state index contributed by atoms with van der Waals surface area (Å²) in [6.45, 7) is 2.47. The Bertz CT molecular complexity index is 729. The SMILES string of the molecule is CCOc1ccc(NS(=O)(=O)c2ccc(Br)s2)cc1CBr. The zero-order valence-electron chi connectivity index (χ0n) is 11.1. The number of benzene rings is 1. The standard InChI is InChI=1S/C13H13Br2NO3S2/c1-2-19-11-4-3-10(7-9(11)8-14)16-21(17,18)13-6-5-12(15)20-13/h3-7,16H,2,8H2,1H3. The summed E-state index contributed by atoms with van der Waals surface area (Å²) in [6, 6.07) is 8.50. The summed E-state index contributed by atoms with van der Waals surface area (Å²) in [6.07, 6.45) is 0. The highest BCUT2D eigenvalue weighted by molar-refractivity contribution is 9.11. The Kier molecular flexibility index (Phi) is 5.70. The first kappa shape index (κ1) is 16.8. The lowest BCUT2D eigenvalue weighted by molar-refractivity contribution is 0.338. The van der Waals surface area contributed by atoms with Crippen molar-refractivity contribution in [1.82, 2.24) is 0 Å². The summed E-state index contributed by atoms with van der Waals surface area (Å²) in [4.78, 5) is 0. The van der Waals surface area contributed by atoms with E-state index in [1.807, 2.05) is 6.92 Å². The average molecular weight is 455 g/mol. The second-order valence-electron chi connectivity index (χ2n) is 4.05. The van der Waals surface area contributed by atoms with Gasteiger partial charge in [-0.25, -0.2) is 8.42 Å². The van der Waals surface area contributed by atoms with Crippen LogP contribution in [0.2, 0.25) is 0 Å². The van der Waals surface area contributed by atoms with Crippen LogP contribution in [-0.2, 0) is 15.4 Å².